The Morgan fingerprint density at radius 2 is 1.84 bits per heavy atom. The Bertz CT molecular complexity index is 253. The van der Waals surface area contributed by atoms with Gasteiger partial charge in [0.2, 0.25) is 0 Å². The molecule has 0 radical (unpaired) electrons. The van der Waals surface area contributed by atoms with Crippen molar-refractivity contribution >= 4 is 5.97 Å². The van der Waals surface area contributed by atoms with Crippen LogP contribution in [0.25, 0.3) is 0 Å². The molecule has 0 rings (SSSR count). The normalized spacial score (nSPS) is 14.7. The first-order valence-electron chi connectivity index (χ1n) is 7.54. The zero-order valence-corrected chi connectivity index (χ0v) is 13.6. The number of rotatable bonds is 10. The van der Waals surface area contributed by atoms with E-state index in [1.807, 2.05) is 13.8 Å². The first-order chi connectivity index (χ1) is 8.89. The SMILES string of the molecule is CCOC(=O)C(C)(CC(C)C)NCCN(CC)CC. The van der Waals surface area contributed by atoms with Crippen molar-refractivity contribution < 1.29 is 9.53 Å². The minimum absolute atomic E-state index is 0.136. The van der Waals surface area contributed by atoms with Gasteiger partial charge in [-0.25, -0.2) is 0 Å². The molecule has 0 heterocycles. The van der Waals surface area contributed by atoms with Crippen molar-refractivity contribution in [2.24, 2.45) is 5.92 Å². The van der Waals surface area contributed by atoms with Gasteiger partial charge in [-0.1, -0.05) is 27.7 Å². The molecule has 0 amide bonds. The Morgan fingerprint density at radius 1 is 1.26 bits per heavy atom. The fraction of sp³-hybridized carbons (Fsp3) is 0.933. The standard InChI is InChI=1S/C15H32N2O2/c1-7-17(8-2)11-10-16-15(6,12-13(4)5)14(18)19-9-3/h13,16H,7-12H2,1-6H3. The summed E-state index contributed by atoms with van der Waals surface area (Å²) in [6, 6.07) is 0. The Labute approximate surface area is 118 Å². The van der Waals surface area contributed by atoms with E-state index in [0.29, 0.717) is 12.5 Å². The molecule has 114 valence electrons. The molecule has 0 aromatic carbocycles. The molecule has 4 nitrogen and oxygen atoms in total. The van der Waals surface area contributed by atoms with E-state index in [0.717, 1.165) is 32.6 Å². The van der Waals surface area contributed by atoms with Crippen molar-refractivity contribution in [3.05, 3.63) is 0 Å². The molecule has 0 aliphatic rings. The van der Waals surface area contributed by atoms with E-state index < -0.39 is 5.54 Å². The molecule has 0 saturated heterocycles. The largest absolute Gasteiger partial charge is 0.465 e. The maximum atomic E-state index is 12.1. The lowest BCUT2D eigenvalue weighted by molar-refractivity contribution is -0.151. The first kappa shape index (κ1) is 18.4. The smallest absolute Gasteiger partial charge is 0.326 e. The molecule has 0 aliphatic carbocycles. The number of likely N-dealkylation sites (N-methyl/N-ethyl adjacent to an activating group) is 1. The van der Waals surface area contributed by atoms with Gasteiger partial charge in [0, 0.05) is 13.1 Å². The van der Waals surface area contributed by atoms with Crippen LogP contribution in [0.5, 0.6) is 0 Å². The highest BCUT2D eigenvalue weighted by molar-refractivity contribution is 5.80. The lowest BCUT2D eigenvalue weighted by Crippen LogP contribution is -2.53. The third-order valence-corrected chi connectivity index (χ3v) is 3.38. The molecule has 19 heavy (non-hydrogen) atoms. The van der Waals surface area contributed by atoms with Gasteiger partial charge in [0.15, 0.2) is 0 Å². The third-order valence-electron chi connectivity index (χ3n) is 3.38. The van der Waals surface area contributed by atoms with Crippen LogP contribution in [0.3, 0.4) is 0 Å². The van der Waals surface area contributed by atoms with Gasteiger partial charge in [0.05, 0.1) is 6.61 Å². The van der Waals surface area contributed by atoms with Gasteiger partial charge in [-0.15, -0.1) is 0 Å². The van der Waals surface area contributed by atoms with Crippen molar-refractivity contribution in [3.8, 4) is 0 Å². The molecule has 1 N–H and O–H groups in total. The van der Waals surface area contributed by atoms with Crippen LogP contribution >= 0.6 is 0 Å². The van der Waals surface area contributed by atoms with Gasteiger partial charge in [-0.05, 0) is 39.3 Å². The lowest BCUT2D eigenvalue weighted by atomic mass is 9.90. The number of carbonyl (C=O) groups excluding carboxylic acids is 1. The van der Waals surface area contributed by atoms with Crippen LogP contribution in [0.4, 0.5) is 0 Å². The molecule has 0 aromatic rings. The number of nitrogens with zero attached hydrogens (tertiary/aromatic N) is 1. The number of hydrogen-bond acceptors (Lipinski definition) is 4. The minimum Gasteiger partial charge on any atom is -0.465 e. The number of hydrogen-bond donors (Lipinski definition) is 1. The molecule has 0 fully saturated rings. The molecule has 1 atom stereocenters. The summed E-state index contributed by atoms with van der Waals surface area (Å²) in [5, 5.41) is 3.39. The molecule has 0 aromatic heterocycles. The topological polar surface area (TPSA) is 41.6 Å². The molecular weight excluding hydrogens is 240 g/mol. The van der Waals surface area contributed by atoms with E-state index in [-0.39, 0.29) is 5.97 Å². The summed E-state index contributed by atoms with van der Waals surface area (Å²) in [6.45, 7) is 16.7. The molecule has 1 unspecified atom stereocenters. The molecular formula is C15H32N2O2. The quantitative estimate of drug-likeness (QED) is 0.620. The number of ether oxygens (including phenoxy) is 1. The number of nitrogens with one attached hydrogen (secondary N) is 1. The van der Waals surface area contributed by atoms with Gasteiger partial charge in [0.25, 0.3) is 0 Å². The second-order valence-corrected chi connectivity index (χ2v) is 5.60. The van der Waals surface area contributed by atoms with Crippen molar-refractivity contribution in [1.82, 2.24) is 10.2 Å². The summed E-state index contributed by atoms with van der Waals surface area (Å²) in [7, 11) is 0. The summed E-state index contributed by atoms with van der Waals surface area (Å²) in [5.74, 6) is 0.318. The molecule has 0 spiro atoms. The summed E-state index contributed by atoms with van der Waals surface area (Å²) in [6.07, 6.45) is 0.796. The molecule has 0 saturated carbocycles. The molecule has 0 aliphatic heterocycles. The van der Waals surface area contributed by atoms with Gasteiger partial charge in [-0.2, -0.15) is 0 Å². The van der Waals surface area contributed by atoms with Gasteiger partial charge in [-0.3, -0.25) is 4.79 Å². The van der Waals surface area contributed by atoms with Crippen LogP contribution in [0.15, 0.2) is 0 Å². The molecule has 0 bridgehead atoms. The zero-order chi connectivity index (χ0) is 14.9. The number of esters is 1. The van der Waals surface area contributed by atoms with Crippen molar-refractivity contribution in [1.29, 1.82) is 0 Å². The molecule has 4 heteroatoms. The Morgan fingerprint density at radius 3 is 2.26 bits per heavy atom. The summed E-state index contributed by atoms with van der Waals surface area (Å²) in [5.41, 5.74) is -0.572. The fourth-order valence-electron chi connectivity index (χ4n) is 2.36. The van der Waals surface area contributed by atoms with Crippen LogP contribution in [0.2, 0.25) is 0 Å². The third kappa shape index (κ3) is 6.92. The Hall–Kier alpha value is -0.610. The van der Waals surface area contributed by atoms with E-state index >= 15 is 0 Å². The average Bonchev–Trinajstić information content (AvgIpc) is 2.34. The van der Waals surface area contributed by atoms with Crippen molar-refractivity contribution in [3.63, 3.8) is 0 Å². The zero-order valence-electron chi connectivity index (χ0n) is 13.6. The van der Waals surface area contributed by atoms with Crippen LogP contribution in [-0.4, -0.2) is 49.2 Å². The number of carbonyl (C=O) groups is 1. The van der Waals surface area contributed by atoms with E-state index in [4.69, 9.17) is 4.74 Å². The van der Waals surface area contributed by atoms with Crippen LogP contribution < -0.4 is 5.32 Å². The van der Waals surface area contributed by atoms with E-state index in [2.05, 4.69) is 37.9 Å². The summed E-state index contributed by atoms with van der Waals surface area (Å²) >= 11 is 0. The predicted molar refractivity (Wildman–Crippen MR) is 80.3 cm³/mol. The van der Waals surface area contributed by atoms with Gasteiger partial charge in [0.1, 0.15) is 5.54 Å². The van der Waals surface area contributed by atoms with E-state index in [1.165, 1.54) is 0 Å². The monoisotopic (exact) mass is 272 g/mol. The highest BCUT2D eigenvalue weighted by Crippen LogP contribution is 2.18. The van der Waals surface area contributed by atoms with E-state index in [9.17, 15) is 4.79 Å². The average molecular weight is 272 g/mol. The minimum atomic E-state index is -0.572. The first-order valence-corrected chi connectivity index (χ1v) is 7.54. The van der Waals surface area contributed by atoms with Gasteiger partial charge >= 0.3 is 5.97 Å². The van der Waals surface area contributed by atoms with Crippen LogP contribution in [-0.2, 0) is 9.53 Å². The van der Waals surface area contributed by atoms with Gasteiger partial charge < -0.3 is 15.0 Å². The van der Waals surface area contributed by atoms with Crippen LogP contribution in [0, 0.1) is 5.92 Å². The second kappa shape index (κ2) is 9.32. The Balaban J connectivity index is 4.46. The summed E-state index contributed by atoms with van der Waals surface area (Å²) < 4.78 is 5.20. The summed E-state index contributed by atoms with van der Waals surface area (Å²) in [4.78, 5) is 14.5. The Kier molecular flexibility index (Phi) is 9.02. The highest BCUT2D eigenvalue weighted by atomic mass is 16.5. The van der Waals surface area contributed by atoms with Crippen molar-refractivity contribution in [2.75, 3.05) is 32.8 Å². The highest BCUT2D eigenvalue weighted by Gasteiger charge is 2.34. The lowest BCUT2D eigenvalue weighted by Gasteiger charge is -2.31. The maximum absolute atomic E-state index is 12.1. The second-order valence-electron chi connectivity index (χ2n) is 5.60. The van der Waals surface area contributed by atoms with E-state index in [1.54, 1.807) is 0 Å². The predicted octanol–water partition coefficient (Wildman–Crippen LogP) is 2.29. The maximum Gasteiger partial charge on any atom is 0.326 e. The van der Waals surface area contributed by atoms with Crippen LogP contribution in [0.1, 0.15) is 48.0 Å². The van der Waals surface area contributed by atoms with Crippen molar-refractivity contribution in [2.45, 2.75) is 53.5 Å². The fourth-order valence-corrected chi connectivity index (χ4v) is 2.36.